The number of thioether (sulfide) groups is 1. The number of carboxylic acid groups (broad SMARTS) is 1. The molecule has 1 aliphatic rings. The molecule has 0 saturated carbocycles. The van der Waals surface area contributed by atoms with Gasteiger partial charge >= 0.3 is 5.97 Å². The van der Waals surface area contributed by atoms with Gasteiger partial charge in [0.25, 0.3) is 5.91 Å². The molecule has 1 aliphatic heterocycles. The Kier molecular flexibility index (Phi) is 4.55. The molecule has 5 nitrogen and oxygen atoms in total. The van der Waals surface area contributed by atoms with Gasteiger partial charge in [0.05, 0.1) is 5.37 Å². The first-order valence-electron chi connectivity index (χ1n) is 6.20. The fourth-order valence-electron chi connectivity index (χ4n) is 2.14. The molecule has 1 fully saturated rings. The lowest BCUT2D eigenvalue weighted by Gasteiger charge is -2.29. The van der Waals surface area contributed by atoms with Crippen LogP contribution in [0.25, 0.3) is 0 Å². The molecule has 1 N–H and O–H groups in total. The minimum absolute atomic E-state index is 0.160. The molecule has 0 radical (unpaired) electrons. The van der Waals surface area contributed by atoms with Gasteiger partial charge in [0.15, 0.2) is 0 Å². The minimum atomic E-state index is -0.990. The zero-order valence-corrected chi connectivity index (χ0v) is 12.7. The molecule has 20 heavy (non-hydrogen) atoms. The van der Waals surface area contributed by atoms with Crippen molar-refractivity contribution in [3.05, 3.63) is 29.0 Å². The van der Waals surface area contributed by atoms with E-state index in [9.17, 15) is 14.7 Å². The summed E-state index contributed by atoms with van der Waals surface area (Å²) >= 11 is 7.35. The first-order chi connectivity index (χ1) is 9.41. The Bertz CT molecular complexity index is 538. The molecule has 7 heteroatoms. The molecule has 0 spiro atoms. The number of carbonyl (C=O) groups excluding carboxylic acids is 1. The van der Waals surface area contributed by atoms with E-state index >= 15 is 0 Å². The lowest BCUT2D eigenvalue weighted by molar-refractivity contribution is -0.141. The maximum atomic E-state index is 12.6. The van der Waals surface area contributed by atoms with Gasteiger partial charge in [-0.05, 0) is 18.1 Å². The first kappa shape index (κ1) is 15.1. The summed E-state index contributed by atoms with van der Waals surface area (Å²) in [7, 11) is 0. The van der Waals surface area contributed by atoms with Crippen LogP contribution >= 0.6 is 23.4 Å². The smallest absolute Gasteiger partial charge is 0.327 e. The Hall–Kier alpha value is -1.27. The van der Waals surface area contributed by atoms with Crippen LogP contribution in [0.4, 0.5) is 0 Å². The van der Waals surface area contributed by atoms with Crippen LogP contribution in [0.3, 0.4) is 0 Å². The number of hydrogen-bond donors (Lipinski definition) is 1. The van der Waals surface area contributed by atoms with E-state index in [-0.39, 0.29) is 22.9 Å². The van der Waals surface area contributed by atoms with Gasteiger partial charge in [-0.1, -0.05) is 25.4 Å². The summed E-state index contributed by atoms with van der Waals surface area (Å²) in [6.07, 6.45) is 1.44. The Morgan fingerprint density at radius 3 is 2.80 bits per heavy atom. The molecule has 1 amide bonds. The van der Waals surface area contributed by atoms with E-state index in [1.165, 1.54) is 28.9 Å². The molecule has 2 rings (SSSR count). The topological polar surface area (TPSA) is 70.5 Å². The maximum absolute atomic E-state index is 12.6. The number of hydrogen-bond acceptors (Lipinski definition) is 4. The average molecular weight is 315 g/mol. The summed E-state index contributed by atoms with van der Waals surface area (Å²) in [4.78, 5) is 29.3. The zero-order chi connectivity index (χ0) is 14.9. The van der Waals surface area contributed by atoms with Crippen molar-refractivity contribution in [2.75, 3.05) is 5.75 Å². The molecule has 0 aromatic carbocycles. The zero-order valence-electron chi connectivity index (χ0n) is 11.1. The lowest BCUT2D eigenvalue weighted by atomic mass is 10.1. The number of pyridine rings is 1. The number of rotatable bonds is 3. The third-order valence-corrected chi connectivity index (χ3v) is 4.92. The van der Waals surface area contributed by atoms with Gasteiger partial charge in [-0.15, -0.1) is 11.8 Å². The molecule has 1 aromatic heterocycles. The van der Waals surface area contributed by atoms with E-state index in [1.54, 1.807) is 6.07 Å². The number of aliphatic carboxylic acids is 1. The van der Waals surface area contributed by atoms with E-state index in [0.29, 0.717) is 10.8 Å². The largest absolute Gasteiger partial charge is 0.480 e. The van der Waals surface area contributed by atoms with Crippen molar-refractivity contribution in [2.45, 2.75) is 25.3 Å². The second-order valence-corrected chi connectivity index (χ2v) is 6.48. The van der Waals surface area contributed by atoms with Gasteiger partial charge in [-0.2, -0.15) is 0 Å². The van der Waals surface area contributed by atoms with Crippen molar-refractivity contribution >= 4 is 35.2 Å². The lowest BCUT2D eigenvalue weighted by Crippen LogP contribution is -2.47. The Morgan fingerprint density at radius 1 is 1.55 bits per heavy atom. The highest BCUT2D eigenvalue weighted by Gasteiger charge is 2.43. The standard InChI is InChI=1S/C13H15ClN2O3S/c1-7(2)12-16(10(6-20-12)13(18)19)11(17)9-5-8(14)3-4-15-9/h3-5,7,10,12H,6H2,1-2H3,(H,18,19). The molecule has 1 saturated heterocycles. The molecule has 0 bridgehead atoms. The summed E-state index contributed by atoms with van der Waals surface area (Å²) in [5.74, 6) is -0.822. The molecule has 2 unspecified atom stereocenters. The van der Waals surface area contributed by atoms with Gasteiger partial charge in [0.2, 0.25) is 0 Å². The molecular formula is C13H15ClN2O3S. The van der Waals surface area contributed by atoms with E-state index in [2.05, 4.69) is 4.98 Å². The van der Waals surface area contributed by atoms with E-state index in [0.717, 1.165) is 0 Å². The van der Waals surface area contributed by atoms with Crippen LogP contribution in [0.2, 0.25) is 5.02 Å². The van der Waals surface area contributed by atoms with Crippen LogP contribution < -0.4 is 0 Å². The summed E-state index contributed by atoms with van der Waals surface area (Å²) in [5.41, 5.74) is 0.178. The quantitative estimate of drug-likeness (QED) is 0.927. The van der Waals surface area contributed by atoms with Crippen molar-refractivity contribution < 1.29 is 14.7 Å². The third kappa shape index (κ3) is 2.91. The van der Waals surface area contributed by atoms with Crippen molar-refractivity contribution in [1.82, 2.24) is 9.88 Å². The minimum Gasteiger partial charge on any atom is -0.480 e. The van der Waals surface area contributed by atoms with E-state index < -0.39 is 12.0 Å². The van der Waals surface area contributed by atoms with E-state index in [1.807, 2.05) is 13.8 Å². The van der Waals surface area contributed by atoms with Crippen LogP contribution in [-0.4, -0.2) is 44.0 Å². The number of carboxylic acids is 1. The highest BCUT2D eigenvalue weighted by atomic mass is 35.5. The monoisotopic (exact) mass is 314 g/mol. The number of amides is 1. The number of aromatic nitrogens is 1. The van der Waals surface area contributed by atoms with Crippen LogP contribution in [0.15, 0.2) is 18.3 Å². The van der Waals surface area contributed by atoms with Crippen LogP contribution in [0.5, 0.6) is 0 Å². The first-order valence-corrected chi connectivity index (χ1v) is 7.63. The van der Waals surface area contributed by atoms with Crippen LogP contribution in [-0.2, 0) is 4.79 Å². The number of nitrogens with zero attached hydrogens (tertiary/aromatic N) is 2. The molecule has 2 atom stereocenters. The Labute approximate surface area is 126 Å². The van der Waals surface area contributed by atoms with E-state index in [4.69, 9.17) is 11.6 Å². The van der Waals surface area contributed by atoms with Crippen LogP contribution in [0, 0.1) is 5.92 Å². The molecule has 0 aliphatic carbocycles. The Balaban J connectivity index is 2.34. The predicted molar refractivity (Wildman–Crippen MR) is 77.9 cm³/mol. The van der Waals surface area contributed by atoms with Gasteiger partial charge in [0, 0.05) is 17.0 Å². The fraction of sp³-hybridized carbons (Fsp3) is 0.462. The van der Waals surface area contributed by atoms with Crippen molar-refractivity contribution in [1.29, 1.82) is 0 Å². The normalized spacial score (nSPS) is 22.3. The van der Waals surface area contributed by atoms with Gasteiger partial charge < -0.3 is 10.0 Å². The molecular weight excluding hydrogens is 300 g/mol. The number of halogens is 1. The second kappa shape index (κ2) is 6.01. The molecule has 1 aromatic rings. The predicted octanol–water partition coefficient (Wildman–Crippen LogP) is 2.36. The maximum Gasteiger partial charge on any atom is 0.327 e. The van der Waals surface area contributed by atoms with Crippen molar-refractivity contribution in [2.24, 2.45) is 5.92 Å². The summed E-state index contributed by atoms with van der Waals surface area (Å²) in [6.45, 7) is 3.93. The summed E-state index contributed by atoms with van der Waals surface area (Å²) < 4.78 is 0. The van der Waals surface area contributed by atoms with Crippen molar-refractivity contribution in [3.8, 4) is 0 Å². The Morgan fingerprint density at radius 2 is 2.25 bits per heavy atom. The van der Waals surface area contributed by atoms with Gasteiger partial charge in [0.1, 0.15) is 11.7 Å². The summed E-state index contributed by atoms with van der Waals surface area (Å²) in [6, 6.07) is 2.22. The average Bonchev–Trinajstić information content (AvgIpc) is 2.82. The van der Waals surface area contributed by atoms with Crippen LogP contribution in [0.1, 0.15) is 24.3 Å². The SMILES string of the molecule is CC(C)C1SCC(C(=O)O)N1C(=O)c1cc(Cl)ccn1. The highest BCUT2D eigenvalue weighted by molar-refractivity contribution is 8.00. The molecule has 2 heterocycles. The summed E-state index contributed by atoms with van der Waals surface area (Å²) in [5, 5.41) is 9.52. The second-order valence-electron chi connectivity index (χ2n) is 4.89. The van der Waals surface area contributed by atoms with Crippen molar-refractivity contribution in [3.63, 3.8) is 0 Å². The highest BCUT2D eigenvalue weighted by Crippen LogP contribution is 2.35. The fourth-order valence-corrected chi connectivity index (χ4v) is 3.77. The van der Waals surface area contributed by atoms with Gasteiger partial charge in [-0.25, -0.2) is 4.79 Å². The number of carbonyl (C=O) groups is 2. The molecule has 108 valence electrons. The van der Waals surface area contributed by atoms with Gasteiger partial charge in [-0.3, -0.25) is 9.78 Å². The third-order valence-electron chi connectivity index (χ3n) is 3.07.